The van der Waals surface area contributed by atoms with Crippen LogP contribution in [0.2, 0.25) is 0 Å². The van der Waals surface area contributed by atoms with E-state index < -0.39 is 23.1 Å². The van der Waals surface area contributed by atoms with Crippen molar-refractivity contribution in [1.29, 1.82) is 0 Å². The maximum absolute atomic E-state index is 11.4. The van der Waals surface area contributed by atoms with Crippen LogP contribution in [-0.2, 0) is 16.0 Å². The van der Waals surface area contributed by atoms with Crippen molar-refractivity contribution in [3.63, 3.8) is 0 Å². The maximum atomic E-state index is 11.4. The Labute approximate surface area is 123 Å². The third-order valence-corrected chi connectivity index (χ3v) is 3.14. The van der Waals surface area contributed by atoms with Gasteiger partial charge in [-0.2, -0.15) is 0 Å². The van der Waals surface area contributed by atoms with Crippen LogP contribution in [0.4, 0.5) is 0 Å². The summed E-state index contributed by atoms with van der Waals surface area (Å²) in [5.74, 6) is -2.30. The Morgan fingerprint density at radius 1 is 1.19 bits per heavy atom. The highest BCUT2D eigenvalue weighted by Crippen LogP contribution is 2.26. The van der Waals surface area contributed by atoms with Gasteiger partial charge in [0.25, 0.3) is 0 Å². The van der Waals surface area contributed by atoms with Crippen LogP contribution in [0.1, 0.15) is 38.3 Å². The van der Waals surface area contributed by atoms with Crippen LogP contribution in [-0.4, -0.2) is 27.1 Å². The SMILES string of the molecule is CC(=O)C(C(=O)O)=C(O)c1ccc(O)cc1CCC(C)C. The van der Waals surface area contributed by atoms with Gasteiger partial charge < -0.3 is 15.3 Å². The normalized spacial score (nSPS) is 12.2. The largest absolute Gasteiger partial charge is 0.508 e. The highest BCUT2D eigenvalue weighted by Gasteiger charge is 2.22. The van der Waals surface area contributed by atoms with E-state index in [0.717, 1.165) is 13.3 Å². The summed E-state index contributed by atoms with van der Waals surface area (Å²) in [5, 5.41) is 28.8. The number of ketones is 1. The number of aliphatic carboxylic acids is 1. The topological polar surface area (TPSA) is 94.8 Å². The van der Waals surface area contributed by atoms with Gasteiger partial charge in [-0.15, -0.1) is 0 Å². The van der Waals surface area contributed by atoms with Crippen molar-refractivity contribution < 1.29 is 24.9 Å². The molecule has 0 fully saturated rings. The minimum Gasteiger partial charge on any atom is -0.508 e. The summed E-state index contributed by atoms with van der Waals surface area (Å²) in [6.07, 6.45) is 1.38. The number of hydrogen-bond acceptors (Lipinski definition) is 4. The Morgan fingerprint density at radius 3 is 2.29 bits per heavy atom. The first-order chi connectivity index (χ1) is 9.73. The van der Waals surface area contributed by atoms with Gasteiger partial charge in [-0.3, -0.25) is 4.79 Å². The van der Waals surface area contributed by atoms with E-state index in [1.54, 1.807) is 0 Å². The summed E-state index contributed by atoms with van der Waals surface area (Å²) in [6, 6.07) is 4.25. The molecule has 5 heteroatoms. The van der Waals surface area contributed by atoms with Crippen molar-refractivity contribution in [3.05, 3.63) is 34.9 Å². The predicted octanol–water partition coefficient (Wildman–Crippen LogP) is 2.92. The van der Waals surface area contributed by atoms with Crippen LogP contribution < -0.4 is 0 Å². The van der Waals surface area contributed by atoms with E-state index in [-0.39, 0.29) is 11.3 Å². The van der Waals surface area contributed by atoms with E-state index in [2.05, 4.69) is 0 Å². The number of benzene rings is 1. The molecule has 0 aliphatic rings. The van der Waals surface area contributed by atoms with Gasteiger partial charge >= 0.3 is 5.97 Å². The van der Waals surface area contributed by atoms with Crippen LogP contribution >= 0.6 is 0 Å². The fourth-order valence-corrected chi connectivity index (χ4v) is 2.02. The molecular weight excluding hydrogens is 272 g/mol. The summed E-state index contributed by atoms with van der Waals surface area (Å²) in [7, 11) is 0. The predicted molar refractivity (Wildman–Crippen MR) is 79.1 cm³/mol. The second-order valence-corrected chi connectivity index (χ2v) is 5.36. The van der Waals surface area contributed by atoms with Gasteiger partial charge in [0.2, 0.25) is 0 Å². The molecule has 1 aromatic rings. The van der Waals surface area contributed by atoms with Gasteiger partial charge in [-0.05, 0) is 49.4 Å². The van der Waals surface area contributed by atoms with Crippen molar-refractivity contribution in [2.24, 2.45) is 5.92 Å². The van der Waals surface area contributed by atoms with E-state index in [1.807, 2.05) is 13.8 Å². The number of carbonyl (C=O) groups excluding carboxylic acids is 1. The molecule has 0 aliphatic heterocycles. The molecule has 0 radical (unpaired) electrons. The van der Waals surface area contributed by atoms with Crippen LogP contribution in [0.5, 0.6) is 5.75 Å². The second kappa shape index (κ2) is 6.92. The average molecular weight is 292 g/mol. The highest BCUT2D eigenvalue weighted by atomic mass is 16.4. The molecule has 0 aliphatic carbocycles. The highest BCUT2D eigenvalue weighted by molar-refractivity contribution is 6.20. The molecule has 0 saturated carbocycles. The van der Waals surface area contributed by atoms with Gasteiger partial charge in [0.1, 0.15) is 17.1 Å². The van der Waals surface area contributed by atoms with E-state index in [9.17, 15) is 19.8 Å². The van der Waals surface area contributed by atoms with Gasteiger partial charge in [0.05, 0.1) is 0 Å². The van der Waals surface area contributed by atoms with Crippen molar-refractivity contribution in [3.8, 4) is 5.75 Å². The van der Waals surface area contributed by atoms with Gasteiger partial charge in [0.15, 0.2) is 5.78 Å². The third kappa shape index (κ3) is 4.34. The molecule has 5 nitrogen and oxygen atoms in total. The number of aryl methyl sites for hydroxylation is 1. The zero-order valence-corrected chi connectivity index (χ0v) is 12.4. The number of phenols is 1. The second-order valence-electron chi connectivity index (χ2n) is 5.36. The molecule has 1 aromatic carbocycles. The monoisotopic (exact) mass is 292 g/mol. The van der Waals surface area contributed by atoms with Gasteiger partial charge in [-0.1, -0.05) is 13.8 Å². The van der Waals surface area contributed by atoms with Crippen LogP contribution in [0.25, 0.3) is 5.76 Å². The van der Waals surface area contributed by atoms with Gasteiger partial charge in [0, 0.05) is 5.56 Å². The number of Topliss-reactive ketones (excluding diaryl/α,β-unsaturated/α-hetero) is 1. The molecule has 0 bridgehead atoms. The summed E-state index contributed by atoms with van der Waals surface area (Å²) in [4.78, 5) is 22.5. The maximum Gasteiger partial charge on any atom is 0.343 e. The summed E-state index contributed by atoms with van der Waals surface area (Å²) in [5.41, 5.74) is 0.230. The first kappa shape index (κ1) is 16.8. The molecule has 0 atom stereocenters. The summed E-state index contributed by atoms with van der Waals surface area (Å²) >= 11 is 0. The number of aliphatic hydroxyl groups excluding tert-OH is 1. The fourth-order valence-electron chi connectivity index (χ4n) is 2.02. The van der Waals surface area contributed by atoms with Crippen LogP contribution in [0, 0.1) is 5.92 Å². The molecule has 0 heterocycles. The van der Waals surface area contributed by atoms with Crippen molar-refractivity contribution in [1.82, 2.24) is 0 Å². The first-order valence-corrected chi connectivity index (χ1v) is 6.73. The van der Waals surface area contributed by atoms with E-state index in [0.29, 0.717) is 17.9 Å². The third-order valence-electron chi connectivity index (χ3n) is 3.14. The van der Waals surface area contributed by atoms with Crippen LogP contribution in [0.15, 0.2) is 23.8 Å². The number of phenolic OH excluding ortho intramolecular Hbond substituents is 1. The minimum absolute atomic E-state index is 0.0324. The lowest BCUT2D eigenvalue weighted by Gasteiger charge is -2.12. The molecule has 1 rings (SSSR count). The molecule has 0 aromatic heterocycles. The smallest absolute Gasteiger partial charge is 0.343 e. The zero-order chi connectivity index (χ0) is 16.2. The van der Waals surface area contributed by atoms with Crippen molar-refractivity contribution in [2.45, 2.75) is 33.6 Å². The summed E-state index contributed by atoms with van der Waals surface area (Å²) < 4.78 is 0. The van der Waals surface area contributed by atoms with Crippen molar-refractivity contribution >= 4 is 17.5 Å². The molecular formula is C16H20O5. The standard InChI is InChI=1S/C16H20O5/c1-9(2)4-5-11-8-12(18)6-7-13(11)15(19)14(10(3)17)16(20)21/h6-9,18-19H,4-5H2,1-3H3,(H,20,21). The number of aromatic hydroxyl groups is 1. The molecule has 0 saturated heterocycles. The molecule has 0 unspecified atom stereocenters. The zero-order valence-electron chi connectivity index (χ0n) is 12.4. The molecule has 0 spiro atoms. The number of hydrogen-bond donors (Lipinski definition) is 3. The Morgan fingerprint density at radius 2 is 1.81 bits per heavy atom. The lowest BCUT2D eigenvalue weighted by Crippen LogP contribution is -2.12. The lowest BCUT2D eigenvalue weighted by molar-refractivity contribution is -0.134. The van der Waals surface area contributed by atoms with Gasteiger partial charge in [-0.25, -0.2) is 4.79 Å². The number of carbonyl (C=O) groups is 2. The Bertz CT molecular complexity index is 568. The lowest BCUT2D eigenvalue weighted by atomic mass is 9.95. The first-order valence-electron chi connectivity index (χ1n) is 6.73. The number of carboxylic acids is 1. The quantitative estimate of drug-likeness (QED) is 0.324. The van der Waals surface area contributed by atoms with E-state index >= 15 is 0 Å². The summed E-state index contributed by atoms with van der Waals surface area (Å²) in [6.45, 7) is 5.17. The Balaban J connectivity index is 3.37. The fraction of sp³-hybridized carbons (Fsp3) is 0.375. The molecule has 21 heavy (non-hydrogen) atoms. The average Bonchev–Trinajstić information content (AvgIpc) is 2.35. The van der Waals surface area contributed by atoms with Crippen molar-refractivity contribution in [2.75, 3.05) is 0 Å². The number of rotatable bonds is 6. The van der Waals surface area contributed by atoms with E-state index in [1.165, 1.54) is 18.2 Å². The molecule has 114 valence electrons. The number of aliphatic hydroxyl groups is 1. The minimum atomic E-state index is -1.47. The molecule has 3 N–H and O–H groups in total. The number of carboxylic acid groups (broad SMARTS) is 1. The Kier molecular flexibility index (Phi) is 5.52. The Hall–Kier alpha value is -2.30. The van der Waals surface area contributed by atoms with E-state index in [4.69, 9.17) is 5.11 Å². The molecule has 0 amide bonds. The van der Waals surface area contributed by atoms with Crippen LogP contribution in [0.3, 0.4) is 0 Å².